The van der Waals surface area contributed by atoms with Crippen molar-refractivity contribution in [2.24, 2.45) is 5.92 Å². The molecule has 3 atom stereocenters. The molecule has 94 valence electrons. The molecule has 1 amide bonds. The lowest BCUT2D eigenvalue weighted by Crippen LogP contribution is -2.44. The summed E-state index contributed by atoms with van der Waals surface area (Å²) in [6.07, 6.45) is 1.73. The Balaban J connectivity index is 2.23. The van der Waals surface area contributed by atoms with E-state index < -0.39 is 0 Å². The molecule has 1 aliphatic rings. The van der Waals surface area contributed by atoms with E-state index in [9.17, 15) is 4.79 Å². The molecule has 3 unspecified atom stereocenters. The van der Waals surface area contributed by atoms with Crippen LogP contribution in [0.3, 0.4) is 0 Å². The summed E-state index contributed by atoms with van der Waals surface area (Å²) in [6.45, 7) is 7.46. The lowest BCUT2D eigenvalue weighted by Gasteiger charge is -2.25. The van der Waals surface area contributed by atoms with Gasteiger partial charge in [-0.15, -0.1) is 0 Å². The third kappa shape index (κ3) is 4.74. The molecule has 0 spiro atoms. The van der Waals surface area contributed by atoms with Crippen LogP contribution in [0.25, 0.3) is 0 Å². The minimum Gasteiger partial charge on any atom is -0.353 e. The van der Waals surface area contributed by atoms with Crippen LogP contribution in [0.5, 0.6) is 0 Å². The molecule has 1 fully saturated rings. The number of nitrogens with one attached hydrogen (secondary N) is 2. The van der Waals surface area contributed by atoms with Gasteiger partial charge in [-0.2, -0.15) is 11.8 Å². The van der Waals surface area contributed by atoms with Crippen LogP contribution in [0.2, 0.25) is 0 Å². The van der Waals surface area contributed by atoms with Gasteiger partial charge in [0, 0.05) is 36.6 Å². The number of amides is 1. The van der Waals surface area contributed by atoms with Crippen LogP contribution < -0.4 is 10.6 Å². The quantitative estimate of drug-likeness (QED) is 0.772. The van der Waals surface area contributed by atoms with Gasteiger partial charge in [-0.3, -0.25) is 4.79 Å². The molecule has 0 aliphatic carbocycles. The van der Waals surface area contributed by atoms with Crippen molar-refractivity contribution in [2.45, 2.75) is 45.7 Å². The maximum atomic E-state index is 11.8. The summed E-state index contributed by atoms with van der Waals surface area (Å²) in [5.41, 5.74) is 0. The standard InChI is InChI=1S/C12H24N2OS/c1-4-9(2)10(3)14-12(15)7-11-8-16-6-5-13-11/h9-11,13H,4-8H2,1-3H3,(H,14,15). The van der Waals surface area contributed by atoms with Crippen molar-refractivity contribution in [2.75, 3.05) is 18.1 Å². The first kappa shape index (κ1) is 13.8. The molecular formula is C12H24N2OS. The predicted octanol–water partition coefficient (Wildman–Crippen LogP) is 1.63. The van der Waals surface area contributed by atoms with Crippen LogP contribution in [-0.4, -0.2) is 36.0 Å². The van der Waals surface area contributed by atoms with Gasteiger partial charge >= 0.3 is 0 Å². The fourth-order valence-electron chi connectivity index (χ4n) is 1.78. The minimum absolute atomic E-state index is 0.188. The van der Waals surface area contributed by atoms with Gasteiger partial charge in [0.15, 0.2) is 0 Å². The Labute approximate surface area is 103 Å². The summed E-state index contributed by atoms with van der Waals surface area (Å²) < 4.78 is 0. The van der Waals surface area contributed by atoms with E-state index in [0.29, 0.717) is 18.4 Å². The molecule has 0 aromatic carbocycles. The van der Waals surface area contributed by atoms with Gasteiger partial charge in [0.25, 0.3) is 0 Å². The molecule has 2 N–H and O–H groups in total. The number of hydrogen-bond acceptors (Lipinski definition) is 3. The highest BCUT2D eigenvalue weighted by Crippen LogP contribution is 2.11. The molecule has 0 aromatic rings. The Morgan fingerprint density at radius 3 is 2.88 bits per heavy atom. The first-order chi connectivity index (χ1) is 7.63. The molecule has 3 nitrogen and oxygen atoms in total. The van der Waals surface area contributed by atoms with Crippen molar-refractivity contribution in [3.8, 4) is 0 Å². The summed E-state index contributed by atoms with van der Waals surface area (Å²) in [6, 6.07) is 0.650. The largest absolute Gasteiger partial charge is 0.353 e. The highest BCUT2D eigenvalue weighted by molar-refractivity contribution is 7.99. The Bertz CT molecular complexity index is 211. The average Bonchev–Trinajstić information content (AvgIpc) is 2.29. The molecular weight excluding hydrogens is 220 g/mol. The molecule has 16 heavy (non-hydrogen) atoms. The first-order valence-electron chi connectivity index (χ1n) is 6.24. The number of carbonyl (C=O) groups is 1. The van der Waals surface area contributed by atoms with Crippen molar-refractivity contribution in [1.29, 1.82) is 0 Å². The van der Waals surface area contributed by atoms with Crippen LogP contribution in [0.15, 0.2) is 0 Å². The second-order valence-corrected chi connectivity index (χ2v) is 5.82. The fourth-order valence-corrected chi connectivity index (χ4v) is 2.73. The fraction of sp³-hybridized carbons (Fsp3) is 0.917. The Morgan fingerprint density at radius 1 is 1.56 bits per heavy atom. The summed E-state index contributed by atoms with van der Waals surface area (Å²) in [5, 5.41) is 6.47. The number of rotatable bonds is 5. The third-order valence-corrected chi connectivity index (χ3v) is 4.45. The molecule has 0 radical (unpaired) electrons. The summed E-state index contributed by atoms with van der Waals surface area (Å²) >= 11 is 1.93. The van der Waals surface area contributed by atoms with Crippen molar-refractivity contribution in [3.63, 3.8) is 0 Å². The van der Waals surface area contributed by atoms with Crippen molar-refractivity contribution < 1.29 is 4.79 Å². The molecule has 1 heterocycles. The summed E-state index contributed by atoms with van der Waals surface area (Å²) in [7, 11) is 0. The van der Waals surface area contributed by atoms with Gasteiger partial charge in [-0.25, -0.2) is 0 Å². The van der Waals surface area contributed by atoms with Crippen LogP contribution in [0.4, 0.5) is 0 Å². The highest BCUT2D eigenvalue weighted by Gasteiger charge is 2.19. The Hall–Kier alpha value is -0.220. The van der Waals surface area contributed by atoms with Crippen LogP contribution in [-0.2, 0) is 4.79 Å². The molecule has 1 aliphatic heterocycles. The highest BCUT2D eigenvalue weighted by atomic mass is 32.2. The van der Waals surface area contributed by atoms with E-state index in [1.807, 2.05) is 11.8 Å². The van der Waals surface area contributed by atoms with Gasteiger partial charge in [0.2, 0.25) is 5.91 Å². The van der Waals surface area contributed by atoms with Gasteiger partial charge in [-0.1, -0.05) is 20.3 Å². The first-order valence-corrected chi connectivity index (χ1v) is 7.39. The predicted molar refractivity (Wildman–Crippen MR) is 70.8 cm³/mol. The van der Waals surface area contributed by atoms with Crippen LogP contribution >= 0.6 is 11.8 Å². The second-order valence-electron chi connectivity index (χ2n) is 4.67. The Kier molecular flexibility index (Phi) is 6.21. The maximum absolute atomic E-state index is 11.8. The molecule has 0 saturated carbocycles. The zero-order valence-electron chi connectivity index (χ0n) is 10.6. The molecule has 0 aromatic heterocycles. The Morgan fingerprint density at radius 2 is 2.31 bits per heavy atom. The number of hydrogen-bond donors (Lipinski definition) is 2. The summed E-state index contributed by atoms with van der Waals surface area (Å²) in [4.78, 5) is 11.8. The monoisotopic (exact) mass is 244 g/mol. The van der Waals surface area contributed by atoms with E-state index >= 15 is 0 Å². The van der Waals surface area contributed by atoms with E-state index in [0.717, 1.165) is 18.7 Å². The van der Waals surface area contributed by atoms with Gasteiger partial charge in [0.05, 0.1) is 0 Å². The topological polar surface area (TPSA) is 41.1 Å². The third-order valence-electron chi connectivity index (χ3n) is 3.32. The lowest BCUT2D eigenvalue weighted by atomic mass is 10.0. The maximum Gasteiger partial charge on any atom is 0.221 e. The van der Waals surface area contributed by atoms with E-state index in [1.165, 1.54) is 5.75 Å². The molecule has 1 rings (SSSR count). The van der Waals surface area contributed by atoms with E-state index in [4.69, 9.17) is 0 Å². The van der Waals surface area contributed by atoms with E-state index in [1.54, 1.807) is 0 Å². The normalized spacial score (nSPS) is 24.8. The van der Waals surface area contributed by atoms with Crippen molar-refractivity contribution in [1.82, 2.24) is 10.6 Å². The smallest absolute Gasteiger partial charge is 0.221 e. The van der Waals surface area contributed by atoms with Crippen molar-refractivity contribution >= 4 is 17.7 Å². The minimum atomic E-state index is 0.188. The van der Waals surface area contributed by atoms with Gasteiger partial charge < -0.3 is 10.6 Å². The molecule has 1 saturated heterocycles. The number of thioether (sulfide) groups is 1. The van der Waals surface area contributed by atoms with Crippen LogP contribution in [0, 0.1) is 5.92 Å². The molecule has 4 heteroatoms. The number of carbonyl (C=O) groups excluding carboxylic acids is 1. The SMILES string of the molecule is CCC(C)C(C)NC(=O)CC1CSCCN1. The summed E-state index contributed by atoms with van der Waals surface area (Å²) in [5.74, 6) is 2.97. The van der Waals surface area contributed by atoms with Crippen molar-refractivity contribution in [3.05, 3.63) is 0 Å². The second kappa shape index (κ2) is 7.17. The lowest BCUT2D eigenvalue weighted by molar-refractivity contribution is -0.122. The van der Waals surface area contributed by atoms with E-state index in [2.05, 4.69) is 31.4 Å². The van der Waals surface area contributed by atoms with Gasteiger partial charge in [-0.05, 0) is 12.8 Å². The van der Waals surface area contributed by atoms with Gasteiger partial charge in [0.1, 0.15) is 0 Å². The van der Waals surface area contributed by atoms with Crippen LogP contribution in [0.1, 0.15) is 33.6 Å². The average molecular weight is 244 g/mol. The zero-order chi connectivity index (χ0) is 12.0. The molecule has 0 bridgehead atoms. The van der Waals surface area contributed by atoms with E-state index in [-0.39, 0.29) is 11.9 Å². The zero-order valence-corrected chi connectivity index (χ0v) is 11.4.